The van der Waals surface area contributed by atoms with E-state index in [0.29, 0.717) is 5.69 Å². The number of rotatable bonds is 3. The first-order valence-corrected chi connectivity index (χ1v) is 6.31. The number of aromatic nitrogens is 2. The zero-order valence-corrected chi connectivity index (χ0v) is 11.0. The van der Waals surface area contributed by atoms with E-state index < -0.39 is 6.10 Å². The summed E-state index contributed by atoms with van der Waals surface area (Å²) >= 11 is 0. The third-order valence-electron chi connectivity index (χ3n) is 3.18. The van der Waals surface area contributed by atoms with Crippen molar-refractivity contribution in [2.45, 2.75) is 6.10 Å². The Hall–Kier alpha value is -2.46. The lowest BCUT2D eigenvalue weighted by atomic mass is 10.1. The minimum Gasteiger partial charge on any atom is -0.497 e. The maximum absolute atomic E-state index is 10.4. The van der Waals surface area contributed by atoms with Crippen molar-refractivity contribution in [1.29, 1.82) is 0 Å². The van der Waals surface area contributed by atoms with Crippen LogP contribution in [0.25, 0.3) is 11.0 Å². The Labute approximate surface area is 116 Å². The molecule has 0 saturated carbocycles. The quantitative estimate of drug-likeness (QED) is 0.792. The van der Waals surface area contributed by atoms with Crippen LogP contribution in [0.5, 0.6) is 5.75 Å². The Balaban J connectivity index is 1.96. The maximum Gasteiger partial charge on any atom is 0.123 e. The summed E-state index contributed by atoms with van der Waals surface area (Å²) in [5, 5.41) is 10.4. The number of nitrogens with zero attached hydrogens (tertiary/aromatic N) is 2. The van der Waals surface area contributed by atoms with E-state index in [4.69, 9.17) is 4.74 Å². The fraction of sp³-hybridized carbons (Fsp3) is 0.125. The van der Waals surface area contributed by atoms with Crippen molar-refractivity contribution in [2.75, 3.05) is 7.11 Å². The molecule has 100 valence electrons. The SMILES string of the molecule is COc1ccc(C(O)c2cnc3ccccc3n2)cc1. The van der Waals surface area contributed by atoms with E-state index in [1.54, 1.807) is 13.3 Å². The maximum atomic E-state index is 10.4. The van der Waals surface area contributed by atoms with Gasteiger partial charge >= 0.3 is 0 Å². The number of ether oxygens (including phenoxy) is 1. The molecule has 1 heterocycles. The van der Waals surface area contributed by atoms with Gasteiger partial charge in [-0.1, -0.05) is 24.3 Å². The van der Waals surface area contributed by atoms with Crippen LogP contribution in [0.2, 0.25) is 0 Å². The third-order valence-corrected chi connectivity index (χ3v) is 3.18. The summed E-state index contributed by atoms with van der Waals surface area (Å²) < 4.78 is 5.10. The molecule has 1 unspecified atom stereocenters. The number of aliphatic hydroxyl groups excluding tert-OH is 1. The van der Waals surface area contributed by atoms with Gasteiger partial charge in [0.15, 0.2) is 0 Å². The first-order valence-electron chi connectivity index (χ1n) is 6.31. The second kappa shape index (κ2) is 5.27. The predicted molar refractivity (Wildman–Crippen MR) is 76.6 cm³/mol. The molecule has 0 radical (unpaired) electrons. The largest absolute Gasteiger partial charge is 0.497 e. The Morgan fingerprint density at radius 1 is 1.00 bits per heavy atom. The van der Waals surface area contributed by atoms with Gasteiger partial charge in [-0.05, 0) is 29.8 Å². The van der Waals surface area contributed by atoms with Crippen molar-refractivity contribution in [1.82, 2.24) is 9.97 Å². The monoisotopic (exact) mass is 266 g/mol. The molecule has 0 saturated heterocycles. The molecule has 0 aliphatic rings. The van der Waals surface area contributed by atoms with Gasteiger partial charge in [0.2, 0.25) is 0 Å². The minimum absolute atomic E-state index is 0.536. The average molecular weight is 266 g/mol. The van der Waals surface area contributed by atoms with Crippen molar-refractivity contribution in [2.24, 2.45) is 0 Å². The fourth-order valence-electron chi connectivity index (χ4n) is 2.06. The number of fused-ring (bicyclic) bond motifs is 1. The highest BCUT2D eigenvalue weighted by atomic mass is 16.5. The van der Waals surface area contributed by atoms with Crippen LogP contribution in [-0.2, 0) is 0 Å². The molecule has 2 aromatic carbocycles. The Morgan fingerprint density at radius 2 is 1.70 bits per heavy atom. The van der Waals surface area contributed by atoms with Crippen LogP contribution >= 0.6 is 0 Å². The molecular formula is C16H14N2O2. The number of benzene rings is 2. The average Bonchev–Trinajstić information content (AvgIpc) is 2.54. The lowest BCUT2D eigenvalue weighted by Gasteiger charge is -2.11. The van der Waals surface area contributed by atoms with Gasteiger partial charge < -0.3 is 9.84 Å². The first-order chi connectivity index (χ1) is 9.78. The van der Waals surface area contributed by atoms with Crippen LogP contribution in [-0.4, -0.2) is 22.2 Å². The molecule has 20 heavy (non-hydrogen) atoms. The van der Waals surface area contributed by atoms with E-state index in [-0.39, 0.29) is 0 Å². The van der Waals surface area contributed by atoms with Crippen molar-refractivity contribution < 1.29 is 9.84 Å². The van der Waals surface area contributed by atoms with Crippen LogP contribution in [0.4, 0.5) is 0 Å². The van der Waals surface area contributed by atoms with Gasteiger partial charge in [0.05, 0.1) is 30.0 Å². The van der Waals surface area contributed by atoms with E-state index in [9.17, 15) is 5.11 Å². The number of hydrogen-bond donors (Lipinski definition) is 1. The summed E-state index contributed by atoms with van der Waals surface area (Å²) in [5.41, 5.74) is 2.89. The second-order valence-electron chi connectivity index (χ2n) is 4.46. The molecule has 0 bridgehead atoms. The second-order valence-corrected chi connectivity index (χ2v) is 4.46. The summed E-state index contributed by atoms with van der Waals surface area (Å²) in [6.07, 6.45) is 0.815. The number of hydrogen-bond acceptors (Lipinski definition) is 4. The first kappa shape index (κ1) is 12.6. The van der Waals surface area contributed by atoms with Crippen molar-refractivity contribution in [3.63, 3.8) is 0 Å². The Bertz CT molecular complexity index is 726. The molecule has 3 rings (SSSR count). The molecule has 0 fully saturated rings. The molecular weight excluding hydrogens is 252 g/mol. The standard InChI is InChI=1S/C16H14N2O2/c1-20-12-8-6-11(7-9-12)16(19)15-10-17-13-4-2-3-5-14(13)18-15/h2-10,16,19H,1H3. The van der Waals surface area contributed by atoms with Gasteiger partial charge in [0.25, 0.3) is 0 Å². The van der Waals surface area contributed by atoms with Crippen molar-refractivity contribution in [3.05, 3.63) is 66.0 Å². The summed E-state index contributed by atoms with van der Waals surface area (Å²) in [6, 6.07) is 14.9. The van der Waals surface area contributed by atoms with Crippen LogP contribution in [0, 0.1) is 0 Å². The smallest absolute Gasteiger partial charge is 0.123 e. The predicted octanol–water partition coefficient (Wildman–Crippen LogP) is 2.72. The number of para-hydroxylation sites is 2. The van der Waals surface area contributed by atoms with Crippen molar-refractivity contribution >= 4 is 11.0 Å². The van der Waals surface area contributed by atoms with Crippen LogP contribution in [0.1, 0.15) is 17.4 Å². The highest BCUT2D eigenvalue weighted by molar-refractivity contribution is 5.73. The van der Waals surface area contributed by atoms with E-state index in [1.807, 2.05) is 48.5 Å². The number of aliphatic hydroxyl groups is 1. The summed E-state index contributed by atoms with van der Waals surface area (Å²) in [6.45, 7) is 0. The van der Waals surface area contributed by atoms with Gasteiger partial charge in [0, 0.05) is 0 Å². The number of methoxy groups -OCH3 is 1. The molecule has 1 aromatic heterocycles. The lowest BCUT2D eigenvalue weighted by Crippen LogP contribution is -2.03. The third kappa shape index (κ3) is 2.33. The highest BCUT2D eigenvalue weighted by Gasteiger charge is 2.13. The van der Waals surface area contributed by atoms with E-state index >= 15 is 0 Å². The summed E-state index contributed by atoms with van der Waals surface area (Å²) in [7, 11) is 1.61. The van der Waals surface area contributed by atoms with Gasteiger partial charge in [-0.3, -0.25) is 4.98 Å². The molecule has 1 N–H and O–H groups in total. The Morgan fingerprint density at radius 3 is 2.40 bits per heavy atom. The molecule has 1 atom stereocenters. The van der Waals surface area contributed by atoms with Gasteiger partial charge in [-0.25, -0.2) is 4.98 Å². The van der Waals surface area contributed by atoms with Crippen molar-refractivity contribution in [3.8, 4) is 5.75 Å². The molecule has 0 amide bonds. The van der Waals surface area contributed by atoms with Gasteiger partial charge in [-0.15, -0.1) is 0 Å². The topological polar surface area (TPSA) is 55.2 Å². The van der Waals surface area contributed by atoms with Crippen LogP contribution in [0.3, 0.4) is 0 Å². The summed E-state index contributed by atoms with van der Waals surface area (Å²) in [5.74, 6) is 0.755. The molecule has 3 aromatic rings. The fourth-order valence-corrected chi connectivity index (χ4v) is 2.06. The molecule has 0 spiro atoms. The lowest BCUT2D eigenvalue weighted by molar-refractivity contribution is 0.215. The molecule has 4 nitrogen and oxygen atoms in total. The molecule has 0 aliphatic heterocycles. The van der Waals surface area contributed by atoms with E-state index in [0.717, 1.165) is 22.3 Å². The zero-order valence-electron chi connectivity index (χ0n) is 11.0. The summed E-state index contributed by atoms with van der Waals surface area (Å²) in [4.78, 5) is 8.76. The molecule has 4 heteroatoms. The van der Waals surface area contributed by atoms with E-state index in [2.05, 4.69) is 9.97 Å². The van der Waals surface area contributed by atoms with Gasteiger partial charge in [-0.2, -0.15) is 0 Å². The van der Waals surface area contributed by atoms with E-state index in [1.165, 1.54) is 0 Å². The molecule has 0 aliphatic carbocycles. The van der Waals surface area contributed by atoms with Gasteiger partial charge in [0.1, 0.15) is 11.9 Å². The normalized spacial score (nSPS) is 12.3. The highest BCUT2D eigenvalue weighted by Crippen LogP contribution is 2.23. The van der Waals surface area contributed by atoms with Crippen LogP contribution < -0.4 is 4.74 Å². The Kier molecular flexibility index (Phi) is 3.31. The zero-order chi connectivity index (χ0) is 13.9. The minimum atomic E-state index is -0.794. The van der Waals surface area contributed by atoms with Crippen LogP contribution in [0.15, 0.2) is 54.7 Å².